The molecule has 0 spiro atoms. The van der Waals surface area contributed by atoms with E-state index in [9.17, 15) is 9.18 Å². The summed E-state index contributed by atoms with van der Waals surface area (Å²) >= 11 is 0. The summed E-state index contributed by atoms with van der Waals surface area (Å²) in [4.78, 5) is 11.8. The topological polar surface area (TPSA) is 26.3 Å². The van der Waals surface area contributed by atoms with Crippen molar-refractivity contribution in [3.05, 3.63) is 35.6 Å². The Morgan fingerprint density at radius 2 is 1.84 bits per heavy atom. The van der Waals surface area contributed by atoms with Crippen LogP contribution in [0.15, 0.2) is 24.3 Å². The summed E-state index contributed by atoms with van der Waals surface area (Å²) < 4.78 is 18.4. The third kappa shape index (κ3) is 6.48. The molecule has 0 fully saturated rings. The van der Waals surface area contributed by atoms with Gasteiger partial charge >= 0.3 is 0 Å². The molecule has 0 amide bonds. The molecule has 0 heterocycles. The van der Waals surface area contributed by atoms with Gasteiger partial charge in [0.05, 0.1) is 6.10 Å². The van der Waals surface area contributed by atoms with Crippen LogP contribution in [-0.2, 0) is 4.74 Å². The number of ketones is 1. The van der Waals surface area contributed by atoms with Crippen molar-refractivity contribution in [3.8, 4) is 0 Å². The summed E-state index contributed by atoms with van der Waals surface area (Å²) in [5.41, 5.74) is 0.566. The average molecular weight is 266 g/mol. The van der Waals surface area contributed by atoms with Crippen LogP contribution in [0.25, 0.3) is 0 Å². The van der Waals surface area contributed by atoms with Crippen molar-refractivity contribution in [2.24, 2.45) is 5.92 Å². The predicted molar refractivity (Wildman–Crippen MR) is 74.8 cm³/mol. The van der Waals surface area contributed by atoms with Crippen LogP contribution in [-0.4, -0.2) is 18.5 Å². The molecule has 1 atom stereocenters. The largest absolute Gasteiger partial charge is 0.378 e. The van der Waals surface area contributed by atoms with Gasteiger partial charge in [0.1, 0.15) is 5.82 Å². The van der Waals surface area contributed by atoms with Crippen LogP contribution in [0.4, 0.5) is 4.39 Å². The summed E-state index contributed by atoms with van der Waals surface area (Å²) in [5.74, 6) is 0.346. The van der Waals surface area contributed by atoms with Crippen LogP contribution in [0.2, 0.25) is 0 Å². The third-order valence-electron chi connectivity index (χ3n) is 2.92. The smallest absolute Gasteiger partial charge is 0.162 e. The molecule has 0 saturated heterocycles. The first-order chi connectivity index (χ1) is 8.99. The van der Waals surface area contributed by atoms with Gasteiger partial charge in [0.15, 0.2) is 5.78 Å². The minimum atomic E-state index is -0.317. The number of benzene rings is 1. The van der Waals surface area contributed by atoms with Crippen LogP contribution >= 0.6 is 0 Å². The van der Waals surface area contributed by atoms with Gasteiger partial charge in [0.25, 0.3) is 0 Å². The Kier molecular flexibility index (Phi) is 6.71. The highest BCUT2D eigenvalue weighted by molar-refractivity contribution is 5.95. The molecule has 2 nitrogen and oxygen atoms in total. The maximum absolute atomic E-state index is 12.7. The fraction of sp³-hybridized carbons (Fsp3) is 0.562. The lowest BCUT2D eigenvalue weighted by atomic mass is 10.1. The first-order valence-electron chi connectivity index (χ1n) is 6.89. The molecular weight excluding hydrogens is 243 g/mol. The van der Waals surface area contributed by atoms with Crippen LogP contribution in [0.3, 0.4) is 0 Å². The monoisotopic (exact) mass is 266 g/mol. The highest BCUT2D eigenvalue weighted by Gasteiger charge is 2.08. The molecule has 1 unspecified atom stereocenters. The maximum atomic E-state index is 12.7. The van der Waals surface area contributed by atoms with E-state index in [4.69, 9.17) is 4.74 Å². The number of hydrogen-bond donors (Lipinski definition) is 0. The van der Waals surface area contributed by atoms with Gasteiger partial charge in [-0.05, 0) is 49.9 Å². The molecule has 0 aliphatic carbocycles. The van der Waals surface area contributed by atoms with E-state index >= 15 is 0 Å². The van der Waals surface area contributed by atoms with Crippen LogP contribution in [0, 0.1) is 11.7 Å². The Labute approximate surface area is 115 Å². The molecule has 19 heavy (non-hydrogen) atoms. The second-order valence-corrected chi connectivity index (χ2v) is 5.34. The molecule has 106 valence electrons. The zero-order valence-electron chi connectivity index (χ0n) is 12.0. The van der Waals surface area contributed by atoms with Crippen LogP contribution < -0.4 is 0 Å². The molecule has 0 radical (unpaired) electrons. The number of carbonyl (C=O) groups is 1. The van der Waals surface area contributed by atoms with Crippen molar-refractivity contribution in [1.29, 1.82) is 0 Å². The molecular formula is C16H23FO2. The molecule has 0 aliphatic rings. The number of carbonyl (C=O) groups excluding carboxylic acids is 1. The van der Waals surface area contributed by atoms with Gasteiger partial charge in [-0.3, -0.25) is 4.79 Å². The molecule has 0 N–H and O–H groups in total. The Morgan fingerprint density at radius 3 is 2.42 bits per heavy atom. The maximum Gasteiger partial charge on any atom is 0.162 e. The van der Waals surface area contributed by atoms with E-state index in [-0.39, 0.29) is 17.7 Å². The lowest BCUT2D eigenvalue weighted by Gasteiger charge is -2.14. The Morgan fingerprint density at radius 1 is 1.21 bits per heavy atom. The summed E-state index contributed by atoms with van der Waals surface area (Å²) in [5, 5.41) is 0. The zero-order chi connectivity index (χ0) is 14.3. The SMILES string of the molecule is CC(C)CC(C)OCCCC(=O)c1ccc(F)cc1. The quantitative estimate of drug-likeness (QED) is 0.519. The number of ether oxygens (including phenoxy) is 1. The van der Waals surface area contributed by atoms with E-state index < -0.39 is 0 Å². The van der Waals surface area contributed by atoms with Crippen LogP contribution in [0.1, 0.15) is 50.4 Å². The van der Waals surface area contributed by atoms with E-state index in [0.29, 0.717) is 30.9 Å². The van der Waals surface area contributed by atoms with E-state index in [1.165, 1.54) is 24.3 Å². The molecule has 0 bridgehead atoms. The van der Waals surface area contributed by atoms with Crippen LogP contribution in [0.5, 0.6) is 0 Å². The third-order valence-corrected chi connectivity index (χ3v) is 2.92. The van der Waals surface area contributed by atoms with E-state index in [1.54, 1.807) is 0 Å². The first kappa shape index (κ1) is 15.8. The van der Waals surface area contributed by atoms with Gasteiger partial charge < -0.3 is 4.74 Å². The number of halogens is 1. The predicted octanol–water partition coefficient (Wildman–Crippen LogP) is 4.24. The second-order valence-electron chi connectivity index (χ2n) is 5.34. The fourth-order valence-corrected chi connectivity index (χ4v) is 2.03. The summed E-state index contributed by atoms with van der Waals surface area (Å²) in [6.07, 6.45) is 2.42. The van der Waals surface area contributed by atoms with Gasteiger partial charge in [-0.15, -0.1) is 0 Å². The van der Waals surface area contributed by atoms with E-state index in [0.717, 1.165) is 6.42 Å². The summed E-state index contributed by atoms with van der Waals surface area (Å²) in [7, 11) is 0. The fourth-order valence-electron chi connectivity index (χ4n) is 2.03. The molecule has 1 aromatic carbocycles. The van der Waals surface area contributed by atoms with Gasteiger partial charge in [-0.25, -0.2) is 4.39 Å². The van der Waals surface area contributed by atoms with Gasteiger partial charge in [-0.2, -0.15) is 0 Å². The number of Topliss-reactive ketones (excluding diaryl/α,β-unsaturated/α-hetero) is 1. The summed E-state index contributed by atoms with van der Waals surface area (Å²) in [6, 6.07) is 5.68. The van der Waals surface area contributed by atoms with Crippen molar-refractivity contribution in [1.82, 2.24) is 0 Å². The van der Waals surface area contributed by atoms with Gasteiger partial charge in [0.2, 0.25) is 0 Å². The molecule has 3 heteroatoms. The van der Waals surface area contributed by atoms with E-state index in [1.807, 2.05) is 0 Å². The Balaban J connectivity index is 2.22. The van der Waals surface area contributed by atoms with Crippen molar-refractivity contribution in [3.63, 3.8) is 0 Å². The molecule has 1 rings (SSSR count). The number of hydrogen-bond acceptors (Lipinski definition) is 2. The minimum absolute atomic E-state index is 0.0418. The van der Waals surface area contributed by atoms with Crippen molar-refractivity contribution in [2.75, 3.05) is 6.61 Å². The highest BCUT2D eigenvalue weighted by atomic mass is 19.1. The lowest BCUT2D eigenvalue weighted by Crippen LogP contribution is -2.12. The normalized spacial score (nSPS) is 12.7. The Hall–Kier alpha value is -1.22. The average Bonchev–Trinajstić information content (AvgIpc) is 2.34. The van der Waals surface area contributed by atoms with Crippen molar-refractivity contribution in [2.45, 2.75) is 46.1 Å². The first-order valence-corrected chi connectivity index (χ1v) is 6.89. The molecule has 0 aromatic heterocycles. The minimum Gasteiger partial charge on any atom is -0.378 e. The Bertz CT molecular complexity index is 384. The van der Waals surface area contributed by atoms with E-state index in [2.05, 4.69) is 20.8 Å². The lowest BCUT2D eigenvalue weighted by molar-refractivity contribution is 0.0487. The second kappa shape index (κ2) is 8.05. The van der Waals surface area contributed by atoms with Gasteiger partial charge in [0, 0.05) is 18.6 Å². The molecule has 0 saturated carbocycles. The molecule has 0 aliphatic heterocycles. The van der Waals surface area contributed by atoms with Gasteiger partial charge in [-0.1, -0.05) is 13.8 Å². The number of rotatable bonds is 8. The molecule has 1 aromatic rings. The van der Waals surface area contributed by atoms with Crippen molar-refractivity contribution < 1.29 is 13.9 Å². The zero-order valence-corrected chi connectivity index (χ0v) is 12.0. The standard InChI is InChI=1S/C16H23FO2/c1-12(2)11-13(3)19-10-4-5-16(18)14-6-8-15(17)9-7-14/h6-9,12-13H,4-5,10-11H2,1-3H3. The van der Waals surface area contributed by atoms with Crippen molar-refractivity contribution >= 4 is 5.78 Å². The summed E-state index contributed by atoms with van der Waals surface area (Å²) in [6.45, 7) is 6.98. The highest BCUT2D eigenvalue weighted by Crippen LogP contribution is 2.10.